The first kappa shape index (κ1) is 13.6. The molecule has 1 aliphatic rings. The molecule has 1 fully saturated rings. The first-order valence-corrected chi connectivity index (χ1v) is 7.55. The number of nitrogens with two attached hydrogens (primary N) is 1. The van der Waals surface area contributed by atoms with Gasteiger partial charge in [0.2, 0.25) is 0 Å². The first-order chi connectivity index (χ1) is 8.72. The van der Waals surface area contributed by atoms with Gasteiger partial charge >= 0.3 is 0 Å². The molecular weight excluding hydrogens is 218 g/mol. The minimum absolute atomic E-state index is 0.133. The van der Waals surface area contributed by atoms with Gasteiger partial charge in [-0.3, -0.25) is 0 Å². The standard InChI is InChI=1S/C17H27N/c1-2-15-10-6-12-17(18,14-15)13-7-11-16-8-4-3-5-9-16/h3-5,8-9,15H,2,6-7,10-14,18H2,1H3. The highest BCUT2D eigenvalue weighted by Gasteiger charge is 2.31. The van der Waals surface area contributed by atoms with Crippen LogP contribution in [0.3, 0.4) is 0 Å². The van der Waals surface area contributed by atoms with Crippen LogP contribution in [0.25, 0.3) is 0 Å². The highest BCUT2D eigenvalue weighted by molar-refractivity contribution is 5.14. The average molecular weight is 245 g/mol. The molecule has 2 unspecified atom stereocenters. The molecule has 1 saturated carbocycles. The summed E-state index contributed by atoms with van der Waals surface area (Å²) in [6, 6.07) is 10.8. The molecule has 2 rings (SSSR count). The van der Waals surface area contributed by atoms with Crippen molar-refractivity contribution in [3.63, 3.8) is 0 Å². The lowest BCUT2D eigenvalue weighted by atomic mass is 9.73. The fourth-order valence-corrected chi connectivity index (χ4v) is 3.39. The van der Waals surface area contributed by atoms with Crippen LogP contribution in [0.15, 0.2) is 30.3 Å². The summed E-state index contributed by atoms with van der Waals surface area (Å²) in [7, 11) is 0. The Labute approximate surface area is 112 Å². The first-order valence-electron chi connectivity index (χ1n) is 7.55. The number of hydrogen-bond donors (Lipinski definition) is 1. The summed E-state index contributed by atoms with van der Waals surface area (Å²) in [5.74, 6) is 0.875. The van der Waals surface area contributed by atoms with Crippen molar-refractivity contribution in [3.05, 3.63) is 35.9 Å². The molecule has 0 heterocycles. The molecule has 1 aromatic rings. The van der Waals surface area contributed by atoms with E-state index in [0.717, 1.165) is 5.92 Å². The summed E-state index contributed by atoms with van der Waals surface area (Å²) < 4.78 is 0. The Hall–Kier alpha value is -0.820. The second kappa shape index (κ2) is 6.38. The van der Waals surface area contributed by atoms with Crippen LogP contribution in [0, 0.1) is 5.92 Å². The molecule has 1 aromatic carbocycles. The van der Waals surface area contributed by atoms with Crippen LogP contribution >= 0.6 is 0 Å². The Balaban J connectivity index is 1.78. The fraction of sp³-hybridized carbons (Fsp3) is 0.647. The van der Waals surface area contributed by atoms with Gasteiger partial charge in [-0.2, -0.15) is 0 Å². The number of rotatable bonds is 5. The minimum atomic E-state index is 0.133. The van der Waals surface area contributed by atoms with E-state index in [9.17, 15) is 0 Å². The molecule has 2 atom stereocenters. The van der Waals surface area contributed by atoms with Crippen molar-refractivity contribution in [2.24, 2.45) is 11.7 Å². The summed E-state index contributed by atoms with van der Waals surface area (Å²) in [4.78, 5) is 0. The zero-order chi connectivity index (χ0) is 12.8. The third kappa shape index (κ3) is 3.84. The second-order valence-corrected chi connectivity index (χ2v) is 6.07. The molecule has 0 bridgehead atoms. The van der Waals surface area contributed by atoms with Gasteiger partial charge in [0.1, 0.15) is 0 Å². The van der Waals surface area contributed by atoms with Gasteiger partial charge in [-0.25, -0.2) is 0 Å². The average Bonchev–Trinajstić information content (AvgIpc) is 2.40. The van der Waals surface area contributed by atoms with E-state index >= 15 is 0 Å². The van der Waals surface area contributed by atoms with Gasteiger partial charge in [0.25, 0.3) is 0 Å². The van der Waals surface area contributed by atoms with Gasteiger partial charge in [-0.1, -0.05) is 56.5 Å². The minimum Gasteiger partial charge on any atom is -0.325 e. The van der Waals surface area contributed by atoms with Crippen molar-refractivity contribution in [2.45, 2.75) is 63.8 Å². The van der Waals surface area contributed by atoms with Gasteiger partial charge < -0.3 is 5.73 Å². The molecule has 18 heavy (non-hydrogen) atoms. The zero-order valence-electron chi connectivity index (χ0n) is 11.7. The van der Waals surface area contributed by atoms with Crippen molar-refractivity contribution in [2.75, 3.05) is 0 Å². The van der Waals surface area contributed by atoms with Crippen LogP contribution in [0.1, 0.15) is 57.4 Å². The van der Waals surface area contributed by atoms with Gasteiger partial charge in [-0.15, -0.1) is 0 Å². The van der Waals surface area contributed by atoms with Crippen LogP contribution in [0.2, 0.25) is 0 Å². The lowest BCUT2D eigenvalue weighted by molar-refractivity contribution is 0.205. The Morgan fingerprint density at radius 1 is 1.28 bits per heavy atom. The van der Waals surface area contributed by atoms with Gasteiger partial charge in [-0.05, 0) is 43.6 Å². The maximum absolute atomic E-state index is 6.59. The van der Waals surface area contributed by atoms with Crippen molar-refractivity contribution < 1.29 is 0 Å². The van der Waals surface area contributed by atoms with E-state index in [4.69, 9.17) is 5.73 Å². The van der Waals surface area contributed by atoms with Crippen LogP contribution in [-0.4, -0.2) is 5.54 Å². The summed E-state index contributed by atoms with van der Waals surface area (Å²) >= 11 is 0. The van der Waals surface area contributed by atoms with E-state index in [-0.39, 0.29) is 5.54 Å². The summed E-state index contributed by atoms with van der Waals surface area (Å²) in [6.07, 6.45) is 10.1. The molecule has 0 amide bonds. The van der Waals surface area contributed by atoms with E-state index in [1.807, 2.05) is 0 Å². The Morgan fingerprint density at radius 2 is 2.06 bits per heavy atom. The Bertz CT molecular complexity index is 346. The van der Waals surface area contributed by atoms with Crippen LogP contribution in [-0.2, 0) is 6.42 Å². The van der Waals surface area contributed by atoms with E-state index < -0.39 is 0 Å². The molecule has 1 heteroatoms. The molecular formula is C17H27N. The highest BCUT2D eigenvalue weighted by atomic mass is 14.7. The Morgan fingerprint density at radius 3 is 2.78 bits per heavy atom. The summed E-state index contributed by atoms with van der Waals surface area (Å²) in [5, 5.41) is 0. The van der Waals surface area contributed by atoms with Gasteiger partial charge in [0, 0.05) is 5.54 Å². The van der Waals surface area contributed by atoms with Crippen LogP contribution in [0.5, 0.6) is 0 Å². The Kier molecular flexibility index (Phi) is 4.82. The molecule has 0 radical (unpaired) electrons. The van der Waals surface area contributed by atoms with Gasteiger partial charge in [0.05, 0.1) is 0 Å². The SMILES string of the molecule is CCC1CCCC(N)(CCCc2ccccc2)C1. The van der Waals surface area contributed by atoms with E-state index in [0.29, 0.717) is 0 Å². The predicted molar refractivity (Wildman–Crippen MR) is 78.5 cm³/mol. The molecule has 0 aliphatic heterocycles. The van der Waals surface area contributed by atoms with Crippen molar-refractivity contribution in [3.8, 4) is 0 Å². The third-order valence-corrected chi connectivity index (χ3v) is 4.54. The number of benzene rings is 1. The molecule has 2 N–H and O–H groups in total. The maximum Gasteiger partial charge on any atom is 0.0157 e. The monoisotopic (exact) mass is 245 g/mol. The quantitative estimate of drug-likeness (QED) is 0.822. The van der Waals surface area contributed by atoms with E-state index in [1.165, 1.54) is 56.9 Å². The van der Waals surface area contributed by atoms with E-state index in [1.54, 1.807) is 0 Å². The summed E-state index contributed by atoms with van der Waals surface area (Å²) in [5.41, 5.74) is 8.17. The van der Waals surface area contributed by atoms with Crippen molar-refractivity contribution >= 4 is 0 Å². The van der Waals surface area contributed by atoms with Crippen LogP contribution < -0.4 is 5.73 Å². The van der Waals surface area contributed by atoms with Crippen LogP contribution in [0.4, 0.5) is 0 Å². The predicted octanol–water partition coefficient (Wildman–Crippen LogP) is 4.31. The zero-order valence-corrected chi connectivity index (χ0v) is 11.7. The van der Waals surface area contributed by atoms with Crippen molar-refractivity contribution in [1.82, 2.24) is 0 Å². The van der Waals surface area contributed by atoms with Gasteiger partial charge in [0.15, 0.2) is 0 Å². The lowest BCUT2D eigenvalue weighted by Gasteiger charge is -2.38. The maximum atomic E-state index is 6.59. The molecule has 1 nitrogen and oxygen atoms in total. The molecule has 100 valence electrons. The second-order valence-electron chi connectivity index (χ2n) is 6.07. The highest BCUT2D eigenvalue weighted by Crippen LogP contribution is 2.35. The number of hydrogen-bond acceptors (Lipinski definition) is 1. The molecule has 0 spiro atoms. The normalized spacial score (nSPS) is 28.2. The third-order valence-electron chi connectivity index (χ3n) is 4.54. The fourth-order valence-electron chi connectivity index (χ4n) is 3.39. The summed E-state index contributed by atoms with van der Waals surface area (Å²) in [6.45, 7) is 2.31. The van der Waals surface area contributed by atoms with Crippen molar-refractivity contribution in [1.29, 1.82) is 0 Å². The molecule has 0 aromatic heterocycles. The van der Waals surface area contributed by atoms with E-state index in [2.05, 4.69) is 37.3 Å². The number of aryl methyl sites for hydroxylation is 1. The largest absolute Gasteiger partial charge is 0.325 e. The molecule has 0 saturated heterocycles. The smallest absolute Gasteiger partial charge is 0.0157 e. The lowest BCUT2D eigenvalue weighted by Crippen LogP contribution is -2.44. The molecule has 1 aliphatic carbocycles. The topological polar surface area (TPSA) is 26.0 Å².